The van der Waals surface area contributed by atoms with Crippen LogP contribution in [0.15, 0.2) is 60.7 Å². The molecule has 0 spiro atoms. The predicted octanol–water partition coefficient (Wildman–Crippen LogP) is 3.55. The number of Topliss-reactive ketones (excluding diaryl/α,β-unsaturated/α-hetero) is 1. The number of anilines is 1. The van der Waals surface area contributed by atoms with Crippen molar-refractivity contribution < 1.29 is 9.59 Å². The van der Waals surface area contributed by atoms with E-state index in [0.29, 0.717) is 17.7 Å². The Morgan fingerprint density at radius 2 is 1.69 bits per heavy atom. The van der Waals surface area contributed by atoms with Gasteiger partial charge in [0.05, 0.1) is 0 Å². The number of carbonyl (C=O) groups excluding carboxylic acids is 2. The first-order chi connectivity index (χ1) is 14.1. The van der Waals surface area contributed by atoms with Crippen LogP contribution >= 0.6 is 0 Å². The Morgan fingerprint density at radius 1 is 0.966 bits per heavy atom. The van der Waals surface area contributed by atoms with E-state index in [0.717, 1.165) is 39.3 Å². The topological polar surface area (TPSA) is 52.7 Å². The Bertz CT molecular complexity index is 840. The third-order valence-corrected chi connectivity index (χ3v) is 5.15. The van der Waals surface area contributed by atoms with E-state index in [1.807, 2.05) is 12.1 Å². The van der Waals surface area contributed by atoms with E-state index in [1.54, 1.807) is 18.2 Å². The monoisotopic (exact) mass is 391 g/mol. The van der Waals surface area contributed by atoms with Gasteiger partial charge in [0.15, 0.2) is 5.78 Å². The van der Waals surface area contributed by atoms with Crippen molar-refractivity contribution in [3.05, 3.63) is 71.8 Å². The summed E-state index contributed by atoms with van der Waals surface area (Å²) < 4.78 is 0. The summed E-state index contributed by atoms with van der Waals surface area (Å²) in [5.74, 6) is -0.0171. The molecule has 29 heavy (non-hydrogen) atoms. The summed E-state index contributed by atoms with van der Waals surface area (Å²) in [5.41, 5.74) is 2.52. The molecule has 2 aromatic carbocycles. The molecule has 0 atom stereocenters. The third-order valence-electron chi connectivity index (χ3n) is 5.15. The van der Waals surface area contributed by atoms with E-state index in [9.17, 15) is 9.59 Å². The lowest BCUT2D eigenvalue weighted by Gasteiger charge is -2.34. The fourth-order valence-corrected chi connectivity index (χ4v) is 3.40. The number of ketones is 1. The number of benzene rings is 2. The van der Waals surface area contributed by atoms with Crippen LogP contribution in [0.4, 0.5) is 5.69 Å². The Hall–Kier alpha value is -2.76. The lowest BCUT2D eigenvalue weighted by Crippen LogP contribution is -2.46. The van der Waals surface area contributed by atoms with E-state index in [4.69, 9.17) is 0 Å². The van der Waals surface area contributed by atoms with Crippen LogP contribution in [0.25, 0.3) is 6.08 Å². The zero-order valence-corrected chi connectivity index (χ0v) is 17.0. The van der Waals surface area contributed by atoms with Crippen molar-refractivity contribution in [1.29, 1.82) is 0 Å². The maximum absolute atomic E-state index is 12.2. The number of rotatable bonds is 8. The second-order valence-corrected chi connectivity index (χ2v) is 7.39. The molecule has 0 bridgehead atoms. The molecule has 2 aromatic rings. The number of carbonyl (C=O) groups is 2. The van der Waals surface area contributed by atoms with E-state index < -0.39 is 0 Å². The first-order valence-corrected chi connectivity index (χ1v) is 10.2. The summed E-state index contributed by atoms with van der Waals surface area (Å²) in [5, 5.41) is 2.89. The van der Waals surface area contributed by atoms with Gasteiger partial charge in [-0.15, -0.1) is 0 Å². The van der Waals surface area contributed by atoms with E-state index in [1.165, 1.54) is 12.5 Å². The Labute approximate surface area is 173 Å². The molecule has 3 rings (SSSR count). The van der Waals surface area contributed by atoms with Gasteiger partial charge in [0.25, 0.3) is 0 Å². The standard InChI is InChI=1S/C24H29N3O2/c1-20(28)22-10-5-11-23(19-22)25-24(29)12-14-27-17-15-26(16-18-27)13-6-9-21-7-3-2-4-8-21/h2-11,19H,12-18H2,1H3,(H,25,29)/b9-6+. The van der Waals surface area contributed by atoms with Crippen molar-refractivity contribution >= 4 is 23.5 Å². The predicted molar refractivity (Wildman–Crippen MR) is 118 cm³/mol. The molecule has 0 aliphatic carbocycles. The van der Waals surface area contributed by atoms with E-state index in [2.05, 4.69) is 51.5 Å². The highest BCUT2D eigenvalue weighted by Gasteiger charge is 2.16. The van der Waals surface area contributed by atoms with Gasteiger partial charge in [-0.25, -0.2) is 0 Å². The molecule has 0 radical (unpaired) electrons. The van der Waals surface area contributed by atoms with Crippen LogP contribution in [0.5, 0.6) is 0 Å². The van der Waals surface area contributed by atoms with Crippen molar-refractivity contribution in [2.75, 3.05) is 44.6 Å². The summed E-state index contributed by atoms with van der Waals surface area (Å²) in [6.07, 6.45) is 4.84. The maximum Gasteiger partial charge on any atom is 0.225 e. The van der Waals surface area contributed by atoms with Gasteiger partial charge in [-0.05, 0) is 24.6 Å². The zero-order chi connectivity index (χ0) is 20.5. The van der Waals surface area contributed by atoms with Crippen LogP contribution in [0.3, 0.4) is 0 Å². The zero-order valence-electron chi connectivity index (χ0n) is 17.0. The average molecular weight is 392 g/mol. The van der Waals surface area contributed by atoms with Crippen LogP contribution < -0.4 is 5.32 Å². The fraction of sp³-hybridized carbons (Fsp3) is 0.333. The molecule has 0 unspecified atom stereocenters. The average Bonchev–Trinajstić information content (AvgIpc) is 2.74. The normalized spacial score (nSPS) is 15.5. The molecule has 152 valence electrons. The van der Waals surface area contributed by atoms with Gasteiger partial charge in [0, 0.05) is 56.9 Å². The van der Waals surface area contributed by atoms with Gasteiger partial charge >= 0.3 is 0 Å². The molecule has 0 aromatic heterocycles. The highest BCUT2D eigenvalue weighted by Crippen LogP contribution is 2.12. The summed E-state index contributed by atoms with van der Waals surface area (Å²) in [7, 11) is 0. The lowest BCUT2D eigenvalue weighted by molar-refractivity contribution is -0.116. The molecule has 1 amide bonds. The molecule has 1 heterocycles. The lowest BCUT2D eigenvalue weighted by atomic mass is 10.1. The van der Waals surface area contributed by atoms with Gasteiger partial charge in [-0.3, -0.25) is 14.5 Å². The van der Waals surface area contributed by atoms with Crippen LogP contribution in [0.2, 0.25) is 0 Å². The third kappa shape index (κ3) is 6.97. The van der Waals surface area contributed by atoms with Crippen LogP contribution in [0, 0.1) is 0 Å². The number of nitrogens with zero attached hydrogens (tertiary/aromatic N) is 2. The number of nitrogens with one attached hydrogen (secondary N) is 1. The van der Waals surface area contributed by atoms with Crippen molar-refractivity contribution in [3.8, 4) is 0 Å². The second-order valence-electron chi connectivity index (χ2n) is 7.39. The Kier molecular flexibility index (Phi) is 7.73. The highest BCUT2D eigenvalue weighted by molar-refractivity contribution is 5.97. The van der Waals surface area contributed by atoms with E-state index in [-0.39, 0.29) is 11.7 Å². The number of amides is 1. The summed E-state index contributed by atoms with van der Waals surface area (Å²) in [6, 6.07) is 17.4. The van der Waals surface area contributed by atoms with Crippen LogP contribution in [-0.4, -0.2) is 60.8 Å². The van der Waals surface area contributed by atoms with Crippen molar-refractivity contribution in [2.24, 2.45) is 0 Å². The minimum atomic E-state index is -0.0149. The first kappa shape index (κ1) is 21.0. The van der Waals surface area contributed by atoms with Crippen molar-refractivity contribution in [1.82, 2.24) is 9.80 Å². The van der Waals surface area contributed by atoms with Gasteiger partial charge in [-0.1, -0.05) is 54.6 Å². The summed E-state index contributed by atoms with van der Waals surface area (Å²) in [6.45, 7) is 7.22. The smallest absolute Gasteiger partial charge is 0.225 e. The van der Waals surface area contributed by atoms with Gasteiger partial charge < -0.3 is 10.2 Å². The minimum absolute atomic E-state index is 0.00224. The molecule has 1 saturated heterocycles. The molecule has 5 heteroatoms. The molecule has 5 nitrogen and oxygen atoms in total. The summed E-state index contributed by atoms with van der Waals surface area (Å²) in [4.78, 5) is 28.5. The number of piperazine rings is 1. The van der Waals surface area contributed by atoms with Gasteiger partial charge in [0.1, 0.15) is 0 Å². The molecular formula is C24H29N3O2. The molecule has 1 aliphatic rings. The second kappa shape index (κ2) is 10.7. The Balaban J connectivity index is 1.35. The Morgan fingerprint density at radius 3 is 2.41 bits per heavy atom. The van der Waals surface area contributed by atoms with E-state index >= 15 is 0 Å². The van der Waals surface area contributed by atoms with Crippen molar-refractivity contribution in [2.45, 2.75) is 13.3 Å². The van der Waals surface area contributed by atoms with Gasteiger partial charge in [0.2, 0.25) is 5.91 Å². The molecule has 1 aliphatic heterocycles. The molecular weight excluding hydrogens is 362 g/mol. The minimum Gasteiger partial charge on any atom is -0.326 e. The summed E-state index contributed by atoms with van der Waals surface area (Å²) >= 11 is 0. The molecule has 1 N–H and O–H groups in total. The highest BCUT2D eigenvalue weighted by atomic mass is 16.1. The SMILES string of the molecule is CC(=O)c1cccc(NC(=O)CCN2CCN(C/C=C/c3ccccc3)CC2)c1. The number of hydrogen-bond acceptors (Lipinski definition) is 4. The first-order valence-electron chi connectivity index (χ1n) is 10.2. The maximum atomic E-state index is 12.2. The van der Waals surface area contributed by atoms with Crippen molar-refractivity contribution in [3.63, 3.8) is 0 Å². The van der Waals surface area contributed by atoms with Crippen LogP contribution in [0.1, 0.15) is 29.3 Å². The van der Waals surface area contributed by atoms with Gasteiger partial charge in [-0.2, -0.15) is 0 Å². The molecule has 1 fully saturated rings. The quantitative estimate of drug-likeness (QED) is 0.699. The largest absolute Gasteiger partial charge is 0.326 e. The number of hydrogen-bond donors (Lipinski definition) is 1. The van der Waals surface area contributed by atoms with Crippen LogP contribution in [-0.2, 0) is 4.79 Å². The fourth-order valence-electron chi connectivity index (χ4n) is 3.40. The molecule has 0 saturated carbocycles.